The highest BCUT2D eigenvalue weighted by atomic mass is 16.5. The van der Waals surface area contributed by atoms with Crippen molar-refractivity contribution < 1.29 is 19.2 Å². The van der Waals surface area contributed by atoms with Gasteiger partial charge in [0.05, 0.1) is 17.8 Å². The molecule has 0 saturated heterocycles. The maximum atomic E-state index is 10.9. The monoisotopic (exact) mass is 339 g/mol. The van der Waals surface area contributed by atoms with E-state index in [2.05, 4.69) is 4.98 Å². The maximum absolute atomic E-state index is 10.9. The molecular weight excluding hydrogens is 322 g/mol. The Hall–Kier alpha value is -3.32. The van der Waals surface area contributed by atoms with Crippen LogP contribution in [0.4, 0.5) is 4.79 Å². The topological polar surface area (TPSA) is 102 Å². The van der Waals surface area contributed by atoms with E-state index in [4.69, 9.17) is 14.9 Å². The summed E-state index contributed by atoms with van der Waals surface area (Å²) in [5, 5.41) is 10.8. The number of hydroxylamine groups is 2. The van der Waals surface area contributed by atoms with Gasteiger partial charge in [0, 0.05) is 17.6 Å². The molecule has 0 bridgehead atoms. The lowest BCUT2D eigenvalue weighted by Crippen LogP contribution is -2.38. The van der Waals surface area contributed by atoms with Crippen molar-refractivity contribution in [3.8, 4) is 11.5 Å². The molecule has 128 valence electrons. The number of fused-ring (bicyclic) bond motifs is 1. The number of carbonyl (C=O) groups is 1. The van der Waals surface area contributed by atoms with E-state index in [0.29, 0.717) is 22.3 Å². The Labute approximate surface area is 143 Å². The Kier molecular flexibility index (Phi) is 4.67. The third-order valence-corrected chi connectivity index (χ3v) is 3.62. The maximum Gasteiger partial charge on any atom is 0.339 e. The second-order valence-electron chi connectivity index (χ2n) is 5.36. The normalized spacial score (nSPS) is 12.4. The minimum absolute atomic E-state index is 0.427. The Morgan fingerprint density at radius 2 is 2.16 bits per heavy atom. The fourth-order valence-corrected chi connectivity index (χ4v) is 2.31. The Morgan fingerprint density at radius 3 is 2.96 bits per heavy atom. The zero-order valence-corrected chi connectivity index (χ0v) is 13.5. The molecule has 3 rings (SSSR count). The van der Waals surface area contributed by atoms with E-state index in [9.17, 15) is 10.0 Å². The number of primary amides is 1. The first-order chi connectivity index (χ1) is 12.1. The van der Waals surface area contributed by atoms with E-state index in [-0.39, 0.29) is 0 Å². The molecule has 0 spiro atoms. The van der Waals surface area contributed by atoms with Gasteiger partial charge in [0.25, 0.3) is 0 Å². The van der Waals surface area contributed by atoms with Gasteiger partial charge in [-0.15, -0.1) is 0 Å². The minimum atomic E-state index is -0.934. The van der Waals surface area contributed by atoms with Crippen molar-refractivity contribution in [3.05, 3.63) is 60.7 Å². The largest absolute Gasteiger partial charge is 0.461 e. The molecular formula is C18H17N3O4. The van der Waals surface area contributed by atoms with Crippen LogP contribution in [0.3, 0.4) is 0 Å². The number of amides is 2. The van der Waals surface area contributed by atoms with Crippen LogP contribution in [0, 0.1) is 0 Å². The molecule has 0 radical (unpaired) electrons. The van der Waals surface area contributed by atoms with Crippen LogP contribution in [0.5, 0.6) is 11.5 Å². The highest BCUT2D eigenvalue weighted by Gasteiger charge is 2.13. The molecule has 2 amide bonds. The van der Waals surface area contributed by atoms with Crippen molar-refractivity contribution in [3.63, 3.8) is 0 Å². The summed E-state index contributed by atoms with van der Waals surface area (Å²) in [5.41, 5.74) is 5.85. The summed E-state index contributed by atoms with van der Waals surface area (Å²) < 4.78 is 11.3. The number of urea groups is 1. The standard InChI is InChI=1S/C18H17N3O4/c1-12(21(23)18(19)22)7-8-16-17(9-11-24-16)25-15-6-2-5-14-13(15)4-3-10-20-14/h2-12,23H,1H3,(H2,19,22)/b8-7+. The number of hydrogen-bond acceptors (Lipinski definition) is 5. The molecule has 0 aliphatic rings. The molecule has 0 saturated carbocycles. The van der Waals surface area contributed by atoms with Crippen LogP contribution < -0.4 is 10.5 Å². The van der Waals surface area contributed by atoms with Crippen LogP contribution in [0.1, 0.15) is 12.7 Å². The molecule has 1 unspecified atom stereocenters. The van der Waals surface area contributed by atoms with Crippen molar-refractivity contribution in [2.24, 2.45) is 5.73 Å². The molecule has 3 N–H and O–H groups in total. The van der Waals surface area contributed by atoms with Crippen molar-refractivity contribution in [2.45, 2.75) is 13.0 Å². The molecule has 1 atom stereocenters. The molecule has 25 heavy (non-hydrogen) atoms. The van der Waals surface area contributed by atoms with Gasteiger partial charge in [-0.2, -0.15) is 5.06 Å². The van der Waals surface area contributed by atoms with E-state index >= 15 is 0 Å². The summed E-state index contributed by atoms with van der Waals surface area (Å²) in [4.78, 5) is 15.2. The molecule has 1 aromatic carbocycles. The molecule has 0 fully saturated rings. The Balaban J connectivity index is 1.83. The zero-order valence-electron chi connectivity index (χ0n) is 13.5. The van der Waals surface area contributed by atoms with E-state index in [0.717, 1.165) is 10.9 Å². The van der Waals surface area contributed by atoms with Crippen LogP contribution in [-0.4, -0.2) is 27.3 Å². The molecule has 3 aromatic rings. The van der Waals surface area contributed by atoms with E-state index in [1.807, 2.05) is 30.3 Å². The highest BCUT2D eigenvalue weighted by Crippen LogP contribution is 2.32. The average Bonchev–Trinajstić information content (AvgIpc) is 3.06. The Bertz CT molecular complexity index is 914. The number of hydrogen-bond donors (Lipinski definition) is 2. The predicted octanol–water partition coefficient (Wildman–Crippen LogP) is 3.79. The van der Waals surface area contributed by atoms with Crippen molar-refractivity contribution in [1.82, 2.24) is 10.0 Å². The van der Waals surface area contributed by atoms with Crippen molar-refractivity contribution >= 4 is 23.0 Å². The van der Waals surface area contributed by atoms with Gasteiger partial charge in [0.2, 0.25) is 0 Å². The summed E-state index contributed by atoms with van der Waals surface area (Å²) in [6, 6.07) is 9.51. The molecule has 7 heteroatoms. The first kappa shape index (κ1) is 16.5. The lowest BCUT2D eigenvalue weighted by atomic mass is 10.2. The van der Waals surface area contributed by atoms with Crippen LogP contribution in [-0.2, 0) is 0 Å². The third kappa shape index (κ3) is 3.61. The third-order valence-electron chi connectivity index (χ3n) is 3.62. The fraction of sp³-hybridized carbons (Fsp3) is 0.111. The van der Waals surface area contributed by atoms with Crippen molar-refractivity contribution in [2.75, 3.05) is 0 Å². The molecule has 0 aliphatic carbocycles. The highest BCUT2D eigenvalue weighted by molar-refractivity contribution is 5.85. The number of ether oxygens (including phenoxy) is 1. The van der Waals surface area contributed by atoms with Gasteiger partial charge in [0.15, 0.2) is 11.5 Å². The number of aromatic nitrogens is 1. The number of carbonyl (C=O) groups excluding carboxylic acids is 1. The summed E-state index contributed by atoms with van der Waals surface area (Å²) in [6.07, 6.45) is 6.39. The van der Waals surface area contributed by atoms with Gasteiger partial charge in [-0.05, 0) is 37.3 Å². The van der Waals surface area contributed by atoms with Gasteiger partial charge in [-0.25, -0.2) is 4.79 Å². The smallest absolute Gasteiger partial charge is 0.339 e. The predicted molar refractivity (Wildman–Crippen MR) is 92.2 cm³/mol. The number of rotatable bonds is 5. The van der Waals surface area contributed by atoms with E-state index < -0.39 is 12.1 Å². The quantitative estimate of drug-likeness (QED) is 0.544. The fourth-order valence-electron chi connectivity index (χ4n) is 2.31. The van der Waals surface area contributed by atoms with Gasteiger partial charge >= 0.3 is 6.03 Å². The second-order valence-corrected chi connectivity index (χ2v) is 5.36. The van der Waals surface area contributed by atoms with Crippen LogP contribution in [0.15, 0.2) is 59.4 Å². The number of pyridine rings is 1. The minimum Gasteiger partial charge on any atom is -0.461 e. The number of benzene rings is 1. The lowest BCUT2D eigenvalue weighted by Gasteiger charge is -2.16. The van der Waals surface area contributed by atoms with E-state index in [1.165, 1.54) is 6.26 Å². The SMILES string of the molecule is CC(/C=C/c1occc1Oc1cccc2ncccc12)N(O)C(N)=O. The Morgan fingerprint density at radius 1 is 1.32 bits per heavy atom. The summed E-state index contributed by atoms with van der Waals surface area (Å²) in [6.45, 7) is 1.61. The number of furan rings is 1. The summed E-state index contributed by atoms with van der Waals surface area (Å²) >= 11 is 0. The molecule has 0 aliphatic heterocycles. The first-order valence-corrected chi connectivity index (χ1v) is 7.61. The lowest BCUT2D eigenvalue weighted by molar-refractivity contribution is -0.0560. The first-order valence-electron chi connectivity index (χ1n) is 7.61. The number of nitrogens with two attached hydrogens (primary N) is 1. The van der Waals surface area contributed by atoms with Crippen molar-refractivity contribution in [1.29, 1.82) is 0 Å². The zero-order chi connectivity index (χ0) is 17.8. The average molecular weight is 339 g/mol. The van der Waals surface area contributed by atoms with Gasteiger partial charge in [0.1, 0.15) is 5.75 Å². The number of nitrogens with zero attached hydrogens (tertiary/aromatic N) is 2. The van der Waals surface area contributed by atoms with Gasteiger partial charge < -0.3 is 14.9 Å². The van der Waals surface area contributed by atoms with E-state index in [1.54, 1.807) is 31.3 Å². The molecule has 2 heterocycles. The summed E-state index contributed by atoms with van der Waals surface area (Å²) in [7, 11) is 0. The van der Waals surface area contributed by atoms with Crippen LogP contribution >= 0.6 is 0 Å². The van der Waals surface area contributed by atoms with Gasteiger partial charge in [-0.3, -0.25) is 10.2 Å². The molecule has 7 nitrogen and oxygen atoms in total. The molecule has 2 aromatic heterocycles. The van der Waals surface area contributed by atoms with Crippen LogP contribution in [0.2, 0.25) is 0 Å². The van der Waals surface area contributed by atoms with Gasteiger partial charge in [-0.1, -0.05) is 12.1 Å². The van der Waals surface area contributed by atoms with Crippen LogP contribution in [0.25, 0.3) is 17.0 Å². The summed E-state index contributed by atoms with van der Waals surface area (Å²) in [5.74, 6) is 1.60. The second kappa shape index (κ2) is 7.06.